The second-order valence-electron chi connectivity index (χ2n) is 4.68. The molecular formula is C17H17NO. The van der Waals surface area contributed by atoms with Gasteiger partial charge in [0.1, 0.15) is 5.75 Å². The Morgan fingerprint density at radius 3 is 2.68 bits per heavy atom. The zero-order chi connectivity index (χ0) is 13.2. The Morgan fingerprint density at radius 1 is 1.05 bits per heavy atom. The minimum atomic E-state index is 0.695. The zero-order valence-electron chi connectivity index (χ0n) is 11.2. The largest absolute Gasteiger partial charge is 0.494 e. The Balaban J connectivity index is 2.09. The summed E-state index contributed by atoms with van der Waals surface area (Å²) in [5.41, 5.74) is 4.82. The van der Waals surface area contributed by atoms with E-state index in [1.807, 2.05) is 13.0 Å². The van der Waals surface area contributed by atoms with E-state index in [-0.39, 0.29) is 0 Å². The van der Waals surface area contributed by atoms with Crippen LogP contribution in [0.5, 0.6) is 5.75 Å². The first-order valence-electron chi connectivity index (χ1n) is 6.59. The van der Waals surface area contributed by atoms with Crippen LogP contribution in [0.2, 0.25) is 0 Å². The highest BCUT2D eigenvalue weighted by Crippen LogP contribution is 2.28. The number of nitrogens with one attached hydrogen (secondary N) is 1. The van der Waals surface area contributed by atoms with E-state index in [0.717, 1.165) is 17.0 Å². The van der Waals surface area contributed by atoms with Gasteiger partial charge < -0.3 is 9.72 Å². The van der Waals surface area contributed by atoms with Gasteiger partial charge in [-0.25, -0.2) is 0 Å². The lowest BCUT2D eigenvalue weighted by Gasteiger charge is -2.01. The van der Waals surface area contributed by atoms with Gasteiger partial charge in [-0.3, -0.25) is 0 Å². The summed E-state index contributed by atoms with van der Waals surface area (Å²) >= 11 is 0. The Hall–Kier alpha value is -2.22. The number of hydrogen-bond acceptors (Lipinski definition) is 1. The molecule has 2 heteroatoms. The Morgan fingerprint density at radius 2 is 1.89 bits per heavy atom. The molecule has 0 aliphatic heterocycles. The van der Waals surface area contributed by atoms with Gasteiger partial charge in [0.05, 0.1) is 6.61 Å². The van der Waals surface area contributed by atoms with Crippen LogP contribution in [0, 0.1) is 6.92 Å². The lowest BCUT2D eigenvalue weighted by atomic mass is 10.1. The molecule has 0 radical (unpaired) electrons. The molecule has 0 spiro atoms. The molecule has 0 saturated heterocycles. The van der Waals surface area contributed by atoms with E-state index in [1.54, 1.807) is 0 Å². The van der Waals surface area contributed by atoms with Gasteiger partial charge in [-0.05, 0) is 43.7 Å². The van der Waals surface area contributed by atoms with Crippen LogP contribution < -0.4 is 4.74 Å². The van der Waals surface area contributed by atoms with Crippen molar-refractivity contribution in [2.45, 2.75) is 13.8 Å². The summed E-state index contributed by atoms with van der Waals surface area (Å²) in [4.78, 5) is 3.47. The zero-order valence-corrected chi connectivity index (χ0v) is 11.2. The molecule has 1 heterocycles. The highest BCUT2D eigenvalue weighted by atomic mass is 16.5. The maximum atomic E-state index is 5.54. The molecule has 2 nitrogen and oxygen atoms in total. The topological polar surface area (TPSA) is 25.0 Å². The Kier molecular flexibility index (Phi) is 3.00. The first kappa shape index (κ1) is 11.8. The smallest absolute Gasteiger partial charge is 0.120 e. The molecule has 1 N–H and O–H groups in total. The molecule has 2 aromatic carbocycles. The molecule has 3 rings (SSSR count). The van der Waals surface area contributed by atoms with Crippen LogP contribution in [0.15, 0.2) is 48.5 Å². The summed E-state index contributed by atoms with van der Waals surface area (Å²) in [6.45, 7) is 4.83. The summed E-state index contributed by atoms with van der Waals surface area (Å²) in [6.07, 6.45) is 0. The SMILES string of the molecule is CCOc1ccc2[nH]c(-c3ccccc3C)cc2c1. The van der Waals surface area contributed by atoms with Crippen molar-refractivity contribution in [1.82, 2.24) is 4.98 Å². The molecule has 0 atom stereocenters. The molecule has 96 valence electrons. The van der Waals surface area contributed by atoms with Crippen LogP contribution in [0.4, 0.5) is 0 Å². The van der Waals surface area contributed by atoms with Gasteiger partial charge in [-0.2, -0.15) is 0 Å². The third kappa shape index (κ3) is 2.22. The number of fused-ring (bicyclic) bond motifs is 1. The molecule has 0 aliphatic carbocycles. The molecule has 0 bridgehead atoms. The van der Waals surface area contributed by atoms with E-state index in [0.29, 0.717) is 6.61 Å². The second kappa shape index (κ2) is 4.81. The van der Waals surface area contributed by atoms with Gasteiger partial charge in [-0.1, -0.05) is 24.3 Å². The van der Waals surface area contributed by atoms with Crippen molar-refractivity contribution in [1.29, 1.82) is 0 Å². The number of aryl methyl sites for hydroxylation is 1. The molecule has 0 amide bonds. The summed E-state index contributed by atoms with van der Waals surface area (Å²) in [5, 5.41) is 1.18. The predicted octanol–water partition coefficient (Wildman–Crippen LogP) is 4.54. The number of rotatable bonds is 3. The molecule has 19 heavy (non-hydrogen) atoms. The van der Waals surface area contributed by atoms with Crippen LogP contribution in [-0.2, 0) is 0 Å². The van der Waals surface area contributed by atoms with E-state index >= 15 is 0 Å². The van der Waals surface area contributed by atoms with Crippen molar-refractivity contribution in [2.75, 3.05) is 6.61 Å². The average molecular weight is 251 g/mol. The molecular weight excluding hydrogens is 234 g/mol. The van der Waals surface area contributed by atoms with E-state index in [1.165, 1.54) is 16.5 Å². The van der Waals surface area contributed by atoms with E-state index in [4.69, 9.17) is 4.74 Å². The molecule has 3 aromatic rings. The fourth-order valence-electron chi connectivity index (χ4n) is 2.39. The van der Waals surface area contributed by atoms with E-state index < -0.39 is 0 Å². The highest BCUT2D eigenvalue weighted by molar-refractivity contribution is 5.87. The highest BCUT2D eigenvalue weighted by Gasteiger charge is 2.06. The van der Waals surface area contributed by atoms with Gasteiger partial charge >= 0.3 is 0 Å². The standard InChI is InChI=1S/C17H17NO/c1-3-19-14-8-9-16-13(10-14)11-17(18-16)15-7-5-4-6-12(15)2/h4-11,18H,3H2,1-2H3. The minimum Gasteiger partial charge on any atom is -0.494 e. The van der Waals surface area contributed by atoms with Crippen molar-refractivity contribution >= 4 is 10.9 Å². The van der Waals surface area contributed by atoms with Crippen LogP contribution in [-0.4, -0.2) is 11.6 Å². The summed E-state index contributed by atoms with van der Waals surface area (Å²) in [7, 11) is 0. The molecule has 1 aromatic heterocycles. The number of ether oxygens (including phenoxy) is 1. The monoisotopic (exact) mass is 251 g/mol. The Labute approximate surface area is 113 Å². The quantitative estimate of drug-likeness (QED) is 0.726. The number of H-pyrrole nitrogens is 1. The van der Waals surface area contributed by atoms with Crippen molar-refractivity contribution in [3.8, 4) is 17.0 Å². The van der Waals surface area contributed by atoms with Gasteiger partial charge in [0, 0.05) is 22.2 Å². The summed E-state index contributed by atoms with van der Waals surface area (Å²) in [6, 6.07) is 16.7. The van der Waals surface area contributed by atoms with E-state index in [9.17, 15) is 0 Å². The number of aromatic nitrogens is 1. The number of aromatic amines is 1. The molecule has 0 aliphatic rings. The van der Waals surface area contributed by atoms with Crippen molar-refractivity contribution in [2.24, 2.45) is 0 Å². The maximum absolute atomic E-state index is 5.54. The maximum Gasteiger partial charge on any atom is 0.120 e. The van der Waals surface area contributed by atoms with Crippen molar-refractivity contribution in [3.63, 3.8) is 0 Å². The number of hydrogen-bond donors (Lipinski definition) is 1. The van der Waals surface area contributed by atoms with Gasteiger partial charge in [-0.15, -0.1) is 0 Å². The lowest BCUT2D eigenvalue weighted by molar-refractivity contribution is 0.341. The van der Waals surface area contributed by atoms with Gasteiger partial charge in [0.25, 0.3) is 0 Å². The predicted molar refractivity (Wildman–Crippen MR) is 79.6 cm³/mol. The van der Waals surface area contributed by atoms with E-state index in [2.05, 4.69) is 54.4 Å². The second-order valence-corrected chi connectivity index (χ2v) is 4.68. The summed E-state index contributed by atoms with van der Waals surface area (Å²) < 4.78 is 5.54. The normalized spacial score (nSPS) is 10.8. The fourth-order valence-corrected chi connectivity index (χ4v) is 2.39. The fraction of sp³-hybridized carbons (Fsp3) is 0.176. The first-order chi connectivity index (χ1) is 9.28. The van der Waals surface area contributed by atoms with Crippen LogP contribution in [0.25, 0.3) is 22.2 Å². The molecule has 0 unspecified atom stereocenters. The van der Waals surface area contributed by atoms with Crippen molar-refractivity contribution in [3.05, 3.63) is 54.1 Å². The third-order valence-electron chi connectivity index (χ3n) is 3.34. The Bertz CT molecular complexity index is 712. The molecule has 0 fully saturated rings. The van der Waals surface area contributed by atoms with Crippen LogP contribution in [0.3, 0.4) is 0 Å². The van der Waals surface area contributed by atoms with Crippen LogP contribution >= 0.6 is 0 Å². The lowest BCUT2D eigenvalue weighted by Crippen LogP contribution is -1.90. The minimum absolute atomic E-state index is 0.695. The number of benzene rings is 2. The van der Waals surface area contributed by atoms with Gasteiger partial charge in [0.15, 0.2) is 0 Å². The van der Waals surface area contributed by atoms with Crippen LogP contribution in [0.1, 0.15) is 12.5 Å². The third-order valence-corrected chi connectivity index (χ3v) is 3.34. The first-order valence-corrected chi connectivity index (χ1v) is 6.59. The molecule has 0 saturated carbocycles. The van der Waals surface area contributed by atoms with Crippen molar-refractivity contribution < 1.29 is 4.74 Å². The average Bonchev–Trinajstić information content (AvgIpc) is 2.82. The summed E-state index contributed by atoms with van der Waals surface area (Å²) in [5.74, 6) is 0.922. The van der Waals surface area contributed by atoms with Gasteiger partial charge in [0.2, 0.25) is 0 Å².